The van der Waals surface area contributed by atoms with Crippen LogP contribution in [0, 0.1) is 18.6 Å². The van der Waals surface area contributed by atoms with Gasteiger partial charge in [-0.25, -0.2) is 8.78 Å². The van der Waals surface area contributed by atoms with Gasteiger partial charge in [0.2, 0.25) is 0 Å². The molecule has 3 aromatic rings. The van der Waals surface area contributed by atoms with Gasteiger partial charge in [-0.05, 0) is 30.2 Å². The van der Waals surface area contributed by atoms with E-state index in [9.17, 15) is 18.4 Å². The van der Waals surface area contributed by atoms with Crippen molar-refractivity contribution in [1.82, 2.24) is 4.90 Å². The van der Waals surface area contributed by atoms with E-state index in [1.165, 1.54) is 11.3 Å². The maximum Gasteiger partial charge on any atom is 0.259 e. The van der Waals surface area contributed by atoms with Crippen LogP contribution in [0.5, 0.6) is 0 Å². The van der Waals surface area contributed by atoms with Gasteiger partial charge in [-0.2, -0.15) is 0 Å². The molecule has 1 fully saturated rings. The summed E-state index contributed by atoms with van der Waals surface area (Å²) in [6.07, 6.45) is 0. The minimum Gasteiger partial charge on any atom is -0.378 e. The highest BCUT2D eigenvalue weighted by Gasteiger charge is 2.28. The van der Waals surface area contributed by atoms with Crippen molar-refractivity contribution in [3.05, 3.63) is 76.9 Å². The molecule has 31 heavy (non-hydrogen) atoms. The summed E-state index contributed by atoms with van der Waals surface area (Å²) in [6.45, 7) is 3.64. The molecule has 0 atom stereocenters. The summed E-state index contributed by atoms with van der Waals surface area (Å²) in [5.74, 6) is -2.69. The highest BCUT2D eigenvalue weighted by Crippen LogP contribution is 2.40. The number of halogens is 2. The zero-order chi connectivity index (χ0) is 22.0. The van der Waals surface area contributed by atoms with Gasteiger partial charge in [-0.1, -0.05) is 30.3 Å². The SMILES string of the molecule is Cc1c(-c2ccccc2)sc(NC(=O)c2ccc(F)cc2F)c1C(=O)N1CCOCC1. The molecule has 0 saturated carbocycles. The molecule has 160 valence electrons. The summed E-state index contributed by atoms with van der Waals surface area (Å²) in [5.41, 5.74) is 1.73. The molecule has 0 radical (unpaired) electrons. The van der Waals surface area contributed by atoms with Crippen molar-refractivity contribution in [1.29, 1.82) is 0 Å². The number of nitrogens with zero attached hydrogens (tertiary/aromatic N) is 1. The number of amides is 2. The smallest absolute Gasteiger partial charge is 0.259 e. The van der Waals surface area contributed by atoms with Gasteiger partial charge in [-0.3, -0.25) is 9.59 Å². The van der Waals surface area contributed by atoms with Gasteiger partial charge in [0, 0.05) is 24.0 Å². The summed E-state index contributed by atoms with van der Waals surface area (Å²) in [5, 5.41) is 3.01. The molecule has 2 amide bonds. The fourth-order valence-corrected chi connectivity index (χ4v) is 4.69. The fraction of sp³-hybridized carbons (Fsp3) is 0.217. The summed E-state index contributed by atoms with van der Waals surface area (Å²) in [4.78, 5) is 28.6. The minimum absolute atomic E-state index is 0.214. The first kappa shape index (κ1) is 21.1. The molecule has 1 aromatic heterocycles. The van der Waals surface area contributed by atoms with Gasteiger partial charge in [0.05, 0.1) is 24.3 Å². The van der Waals surface area contributed by atoms with E-state index < -0.39 is 17.5 Å². The topological polar surface area (TPSA) is 58.6 Å². The Bertz CT molecular complexity index is 1130. The number of benzene rings is 2. The lowest BCUT2D eigenvalue weighted by Crippen LogP contribution is -2.41. The van der Waals surface area contributed by atoms with E-state index in [-0.39, 0.29) is 11.5 Å². The summed E-state index contributed by atoms with van der Waals surface area (Å²) < 4.78 is 32.7. The number of morpholine rings is 1. The monoisotopic (exact) mass is 442 g/mol. The van der Waals surface area contributed by atoms with E-state index in [1.807, 2.05) is 37.3 Å². The highest BCUT2D eigenvalue weighted by atomic mass is 32.1. The average molecular weight is 442 g/mol. The molecular formula is C23H20F2N2O3S. The van der Waals surface area contributed by atoms with Crippen molar-refractivity contribution >= 4 is 28.2 Å². The predicted molar refractivity (Wildman–Crippen MR) is 116 cm³/mol. The zero-order valence-electron chi connectivity index (χ0n) is 16.8. The Hall–Kier alpha value is -3.10. The van der Waals surface area contributed by atoms with Crippen molar-refractivity contribution < 1.29 is 23.1 Å². The number of hydrogen-bond donors (Lipinski definition) is 1. The Balaban J connectivity index is 1.74. The number of ether oxygens (including phenoxy) is 1. The highest BCUT2D eigenvalue weighted by molar-refractivity contribution is 7.20. The molecular weight excluding hydrogens is 422 g/mol. The third-order valence-corrected chi connectivity index (χ3v) is 6.35. The van der Waals surface area contributed by atoms with Crippen LogP contribution in [0.15, 0.2) is 48.5 Å². The van der Waals surface area contributed by atoms with Crippen LogP contribution in [0.1, 0.15) is 26.3 Å². The zero-order valence-corrected chi connectivity index (χ0v) is 17.6. The third kappa shape index (κ3) is 4.35. The molecule has 0 aliphatic carbocycles. The Morgan fingerprint density at radius 2 is 1.77 bits per heavy atom. The molecule has 1 N–H and O–H groups in total. The van der Waals surface area contributed by atoms with Crippen LogP contribution >= 0.6 is 11.3 Å². The molecule has 0 spiro atoms. The maximum atomic E-state index is 14.1. The van der Waals surface area contributed by atoms with E-state index in [0.29, 0.717) is 42.9 Å². The molecule has 1 saturated heterocycles. The van der Waals surface area contributed by atoms with Crippen LogP contribution in [0.4, 0.5) is 13.8 Å². The van der Waals surface area contributed by atoms with Crippen molar-refractivity contribution in [3.8, 4) is 10.4 Å². The molecule has 1 aliphatic heterocycles. The van der Waals surface area contributed by atoms with Crippen LogP contribution in [0.3, 0.4) is 0 Å². The molecule has 2 heterocycles. The molecule has 1 aliphatic rings. The van der Waals surface area contributed by atoms with Crippen molar-refractivity contribution in [2.24, 2.45) is 0 Å². The number of nitrogens with one attached hydrogen (secondary N) is 1. The minimum atomic E-state index is -0.963. The van der Waals surface area contributed by atoms with Crippen LogP contribution in [-0.4, -0.2) is 43.0 Å². The van der Waals surface area contributed by atoms with Crippen molar-refractivity contribution in [3.63, 3.8) is 0 Å². The second-order valence-corrected chi connectivity index (χ2v) is 8.13. The van der Waals surface area contributed by atoms with Gasteiger partial charge in [0.25, 0.3) is 11.8 Å². The lowest BCUT2D eigenvalue weighted by Gasteiger charge is -2.27. The Morgan fingerprint density at radius 3 is 2.45 bits per heavy atom. The fourth-order valence-electron chi connectivity index (χ4n) is 3.49. The lowest BCUT2D eigenvalue weighted by molar-refractivity contribution is 0.0303. The van der Waals surface area contributed by atoms with E-state index in [0.717, 1.165) is 28.1 Å². The summed E-state index contributed by atoms with van der Waals surface area (Å²) in [7, 11) is 0. The third-order valence-electron chi connectivity index (χ3n) is 5.10. The molecule has 8 heteroatoms. The average Bonchev–Trinajstić information content (AvgIpc) is 3.10. The molecule has 0 bridgehead atoms. The van der Waals surface area contributed by atoms with Crippen LogP contribution in [0.2, 0.25) is 0 Å². The van der Waals surface area contributed by atoms with Crippen LogP contribution < -0.4 is 5.32 Å². The van der Waals surface area contributed by atoms with Gasteiger partial charge in [0.15, 0.2) is 0 Å². The van der Waals surface area contributed by atoms with Crippen LogP contribution in [-0.2, 0) is 4.74 Å². The van der Waals surface area contributed by atoms with Gasteiger partial charge >= 0.3 is 0 Å². The van der Waals surface area contributed by atoms with Gasteiger partial charge < -0.3 is 15.0 Å². The first-order valence-corrected chi connectivity index (χ1v) is 10.6. The van der Waals surface area contributed by atoms with Crippen molar-refractivity contribution in [2.75, 3.05) is 31.6 Å². The van der Waals surface area contributed by atoms with Gasteiger partial charge in [0.1, 0.15) is 16.6 Å². The Morgan fingerprint density at radius 1 is 1.06 bits per heavy atom. The lowest BCUT2D eigenvalue weighted by atomic mass is 10.1. The van der Waals surface area contributed by atoms with E-state index in [4.69, 9.17) is 4.74 Å². The van der Waals surface area contributed by atoms with Crippen LogP contribution in [0.25, 0.3) is 10.4 Å². The van der Waals surface area contributed by atoms with E-state index in [2.05, 4.69) is 5.32 Å². The largest absolute Gasteiger partial charge is 0.378 e. The molecule has 5 nitrogen and oxygen atoms in total. The first-order chi connectivity index (χ1) is 15.0. The van der Waals surface area contributed by atoms with Crippen molar-refractivity contribution in [2.45, 2.75) is 6.92 Å². The Labute approximate surface area is 182 Å². The predicted octanol–water partition coefficient (Wildman–Crippen LogP) is 4.73. The standard InChI is InChI=1S/C23H20F2N2O3S/c1-14-19(23(29)27-9-11-30-12-10-27)22(31-20(14)15-5-3-2-4-6-15)26-21(28)17-8-7-16(24)13-18(17)25/h2-8,13H,9-12H2,1H3,(H,26,28). The second-order valence-electron chi connectivity index (χ2n) is 7.11. The number of anilines is 1. The quantitative estimate of drug-likeness (QED) is 0.636. The molecule has 2 aromatic carbocycles. The molecule has 4 rings (SSSR count). The number of rotatable bonds is 4. The van der Waals surface area contributed by atoms with E-state index in [1.54, 1.807) is 4.90 Å². The number of carbonyl (C=O) groups is 2. The Kier molecular flexibility index (Phi) is 6.11. The second kappa shape index (κ2) is 8.95. The number of thiophene rings is 1. The van der Waals surface area contributed by atoms with Gasteiger partial charge in [-0.15, -0.1) is 11.3 Å². The van der Waals surface area contributed by atoms with E-state index >= 15 is 0 Å². The first-order valence-electron chi connectivity index (χ1n) is 9.78. The summed E-state index contributed by atoms with van der Waals surface area (Å²) >= 11 is 1.26. The number of hydrogen-bond acceptors (Lipinski definition) is 4. The maximum absolute atomic E-state index is 14.1. The summed E-state index contributed by atoms with van der Waals surface area (Å²) in [6, 6.07) is 12.3. The number of carbonyl (C=O) groups excluding carboxylic acids is 2. The molecule has 0 unspecified atom stereocenters. The normalized spacial score (nSPS) is 13.8.